The molecule has 0 aliphatic heterocycles. The van der Waals surface area contributed by atoms with E-state index in [0.717, 1.165) is 16.7 Å². The van der Waals surface area contributed by atoms with Gasteiger partial charge >= 0.3 is 0 Å². The van der Waals surface area contributed by atoms with Gasteiger partial charge in [0.2, 0.25) is 0 Å². The lowest BCUT2D eigenvalue weighted by Crippen LogP contribution is -2.35. The van der Waals surface area contributed by atoms with E-state index in [-0.39, 0.29) is 0 Å². The minimum Gasteiger partial charge on any atom is -0.300 e. The molecule has 0 heterocycles. The van der Waals surface area contributed by atoms with E-state index in [9.17, 15) is 0 Å². The average Bonchev–Trinajstić information content (AvgIpc) is 2.63. The Morgan fingerprint density at radius 1 is 0.636 bits per heavy atom. The molecular weight excluding hydrogens is 268 g/mol. The average molecular weight is 286 g/mol. The summed E-state index contributed by atoms with van der Waals surface area (Å²) in [5.41, 5.74) is 9.77. The van der Waals surface area contributed by atoms with Crippen LogP contribution in [0.25, 0.3) is 11.1 Å². The lowest BCUT2D eigenvalue weighted by molar-refractivity contribution is 0.576. The van der Waals surface area contributed by atoms with Crippen LogP contribution in [-0.2, 0) is 5.66 Å². The lowest BCUT2D eigenvalue weighted by atomic mass is 9.91. The summed E-state index contributed by atoms with van der Waals surface area (Å²) in [6, 6.07) is 28.3. The van der Waals surface area contributed by atoms with Crippen LogP contribution < -0.4 is 5.73 Å². The molecule has 2 heteroatoms. The largest absolute Gasteiger partial charge is 0.300 e. The summed E-state index contributed by atoms with van der Waals surface area (Å²) in [6.45, 7) is 3.69. The Morgan fingerprint density at radius 2 is 1.09 bits per heavy atom. The molecule has 0 aliphatic rings. The van der Waals surface area contributed by atoms with Gasteiger partial charge in [0.1, 0.15) is 0 Å². The van der Waals surface area contributed by atoms with Gasteiger partial charge in [0.15, 0.2) is 5.66 Å². The summed E-state index contributed by atoms with van der Waals surface area (Å²) in [7, 11) is 0. The number of rotatable bonds is 4. The highest BCUT2D eigenvalue weighted by molar-refractivity contribution is 5.64. The standard InChI is InChI=1S/C20H18N2/c1-22-20(21,18-10-6-3-7-11-18)19-14-12-17(13-15-19)16-8-4-2-5-9-16/h2-15H,1,21H2. The molecule has 1 atom stereocenters. The van der Waals surface area contributed by atoms with Gasteiger partial charge in [0, 0.05) is 0 Å². The van der Waals surface area contributed by atoms with Gasteiger partial charge in [-0.15, -0.1) is 0 Å². The molecule has 3 aromatic carbocycles. The molecule has 3 aromatic rings. The summed E-state index contributed by atoms with van der Waals surface area (Å²) >= 11 is 0. The normalized spacial score (nSPS) is 13.3. The maximum absolute atomic E-state index is 6.50. The second kappa shape index (κ2) is 5.96. The smallest absolute Gasteiger partial charge is 0.159 e. The van der Waals surface area contributed by atoms with Crippen molar-refractivity contribution in [2.45, 2.75) is 5.66 Å². The van der Waals surface area contributed by atoms with E-state index in [1.165, 1.54) is 5.56 Å². The van der Waals surface area contributed by atoms with Gasteiger partial charge in [-0.3, -0.25) is 10.7 Å². The summed E-state index contributed by atoms with van der Waals surface area (Å²) in [5, 5.41) is 0. The minimum absolute atomic E-state index is 0.920. The Balaban J connectivity index is 2.00. The minimum atomic E-state index is -0.920. The molecule has 0 fully saturated rings. The monoisotopic (exact) mass is 286 g/mol. The second-order valence-corrected chi connectivity index (χ2v) is 5.23. The van der Waals surface area contributed by atoms with Gasteiger partial charge in [-0.05, 0) is 29.0 Å². The lowest BCUT2D eigenvalue weighted by Gasteiger charge is -2.26. The molecular formula is C20H18N2. The van der Waals surface area contributed by atoms with Crippen molar-refractivity contribution in [1.82, 2.24) is 0 Å². The molecule has 0 saturated heterocycles. The zero-order valence-electron chi connectivity index (χ0n) is 12.3. The van der Waals surface area contributed by atoms with Gasteiger partial charge in [0.25, 0.3) is 0 Å². The van der Waals surface area contributed by atoms with Crippen molar-refractivity contribution in [2.75, 3.05) is 0 Å². The molecule has 3 rings (SSSR count). The van der Waals surface area contributed by atoms with Crippen LogP contribution in [0.1, 0.15) is 11.1 Å². The predicted molar refractivity (Wildman–Crippen MR) is 92.8 cm³/mol. The van der Waals surface area contributed by atoms with E-state index in [1.807, 2.05) is 60.7 Å². The molecule has 22 heavy (non-hydrogen) atoms. The maximum atomic E-state index is 6.50. The van der Waals surface area contributed by atoms with Crippen molar-refractivity contribution in [3.63, 3.8) is 0 Å². The zero-order chi connectivity index (χ0) is 15.4. The van der Waals surface area contributed by atoms with Crippen LogP contribution in [0, 0.1) is 0 Å². The van der Waals surface area contributed by atoms with Crippen LogP contribution in [0.15, 0.2) is 89.9 Å². The number of hydrogen-bond acceptors (Lipinski definition) is 2. The van der Waals surface area contributed by atoms with Crippen molar-refractivity contribution in [3.8, 4) is 11.1 Å². The Hall–Kier alpha value is -2.71. The van der Waals surface area contributed by atoms with E-state index in [2.05, 4.69) is 36.0 Å². The molecule has 1 unspecified atom stereocenters. The van der Waals surface area contributed by atoms with Gasteiger partial charge in [-0.2, -0.15) is 0 Å². The third kappa shape index (κ3) is 2.57. The van der Waals surface area contributed by atoms with Crippen molar-refractivity contribution in [3.05, 3.63) is 96.1 Å². The Morgan fingerprint density at radius 3 is 1.64 bits per heavy atom. The van der Waals surface area contributed by atoms with Crippen LogP contribution in [0.3, 0.4) is 0 Å². The third-order valence-corrected chi connectivity index (χ3v) is 3.90. The van der Waals surface area contributed by atoms with Crippen molar-refractivity contribution < 1.29 is 0 Å². The van der Waals surface area contributed by atoms with Crippen LogP contribution in [0.5, 0.6) is 0 Å². The molecule has 2 nitrogen and oxygen atoms in total. The van der Waals surface area contributed by atoms with Gasteiger partial charge in [-0.25, -0.2) is 0 Å². The van der Waals surface area contributed by atoms with Gasteiger partial charge in [-0.1, -0.05) is 84.9 Å². The highest BCUT2D eigenvalue weighted by Crippen LogP contribution is 2.29. The van der Waals surface area contributed by atoms with E-state index < -0.39 is 5.66 Å². The van der Waals surface area contributed by atoms with E-state index >= 15 is 0 Å². The number of benzene rings is 3. The first-order chi connectivity index (χ1) is 10.7. The molecule has 0 aliphatic carbocycles. The summed E-state index contributed by atoms with van der Waals surface area (Å²) in [6.07, 6.45) is 0. The molecule has 0 bridgehead atoms. The van der Waals surface area contributed by atoms with E-state index in [1.54, 1.807) is 0 Å². The van der Waals surface area contributed by atoms with Crippen LogP contribution in [0.2, 0.25) is 0 Å². The molecule has 0 aromatic heterocycles. The quantitative estimate of drug-likeness (QED) is 0.717. The number of aliphatic imine (C=N–C) groups is 1. The first-order valence-corrected chi connectivity index (χ1v) is 7.22. The second-order valence-electron chi connectivity index (χ2n) is 5.23. The fourth-order valence-electron chi connectivity index (χ4n) is 2.59. The SMILES string of the molecule is C=NC(N)(c1ccccc1)c1ccc(-c2ccccc2)cc1. The predicted octanol–water partition coefficient (Wildman–Crippen LogP) is 4.21. The number of nitrogens with two attached hydrogens (primary N) is 1. The molecule has 0 spiro atoms. The zero-order valence-corrected chi connectivity index (χ0v) is 12.3. The Labute approximate surface area is 131 Å². The maximum Gasteiger partial charge on any atom is 0.159 e. The molecule has 0 radical (unpaired) electrons. The summed E-state index contributed by atoms with van der Waals surface area (Å²) in [4.78, 5) is 4.19. The van der Waals surface area contributed by atoms with Crippen LogP contribution >= 0.6 is 0 Å². The molecule has 0 amide bonds. The highest BCUT2D eigenvalue weighted by Gasteiger charge is 2.27. The summed E-state index contributed by atoms with van der Waals surface area (Å²) in [5.74, 6) is 0. The Kier molecular flexibility index (Phi) is 3.86. The molecule has 2 N–H and O–H groups in total. The van der Waals surface area contributed by atoms with Crippen molar-refractivity contribution in [1.29, 1.82) is 0 Å². The summed E-state index contributed by atoms with van der Waals surface area (Å²) < 4.78 is 0. The Bertz CT molecular complexity index is 749. The van der Waals surface area contributed by atoms with Gasteiger partial charge < -0.3 is 0 Å². The number of hydrogen-bond donors (Lipinski definition) is 1. The van der Waals surface area contributed by atoms with Crippen LogP contribution in [0.4, 0.5) is 0 Å². The van der Waals surface area contributed by atoms with Crippen LogP contribution in [-0.4, -0.2) is 6.72 Å². The first kappa shape index (κ1) is 14.2. The molecule has 108 valence electrons. The van der Waals surface area contributed by atoms with E-state index in [4.69, 9.17) is 5.73 Å². The van der Waals surface area contributed by atoms with Crippen molar-refractivity contribution >= 4 is 6.72 Å². The van der Waals surface area contributed by atoms with E-state index in [0.29, 0.717) is 0 Å². The fraction of sp³-hybridized carbons (Fsp3) is 0.0500. The van der Waals surface area contributed by atoms with Gasteiger partial charge in [0.05, 0.1) is 0 Å². The third-order valence-electron chi connectivity index (χ3n) is 3.90. The molecule has 0 saturated carbocycles. The first-order valence-electron chi connectivity index (χ1n) is 7.22. The number of nitrogens with zero attached hydrogens (tertiary/aromatic N) is 1. The van der Waals surface area contributed by atoms with Crippen molar-refractivity contribution in [2.24, 2.45) is 10.7 Å². The highest BCUT2D eigenvalue weighted by atomic mass is 15.0. The fourth-order valence-corrected chi connectivity index (χ4v) is 2.59. The topological polar surface area (TPSA) is 38.4 Å².